The fourth-order valence-electron chi connectivity index (χ4n) is 1.92. The van der Waals surface area contributed by atoms with Crippen molar-refractivity contribution >= 4 is 27.5 Å². The Morgan fingerprint density at radius 3 is 2.73 bits per heavy atom. The van der Waals surface area contributed by atoms with E-state index >= 15 is 0 Å². The molecule has 0 radical (unpaired) electrons. The molecule has 1 amide bonds. The monoisotopic (exact) mass is 365 g/mol. The van der Waals surface area contributed by atoms with E-state index in [1.54, 1.807) is 24.3 Å². The zero-order valence-electron chi connectivity index (χ0n) is 12.2. The Balaban J connectivity index is 2.28. The molecule has 116 valence electrons. The first-order valence-corrected chi connectivity index (χ1v) is 7.45. The van der Waals surface area contributed by atoms with Gasteiger partial charge in [-0.15, -0.1) is 0 Å². The molecule has 0 saturated heterocycles. The van der Waals surface area contributed by atoms with Crippen molar-refractivity contribution in [2.24, 2.45) is 0 Å². The van der Waals surface area contributed by atoms with Crippen LogP contribution in [0.4, 0.5) is 5.69 Å². The van der Waals surface area contributed by atoms with E-state index in [-0.39, 0.29) is 11.7 Å². The molecule has 0 aliphatic heterocycles. The van der Waals surface area contributed by atoms with Crippen LogP contribution in [0.2, 0.25) is 0 Å². The topological polar surface area (TPSA) is 67.8 Å². The zero-order chi connectivity index (χ0) is 16.1. The van der Waals surface area contributed by atoms with E-state index in [0.717, 1.165) is 0 Å². The molecular formula is C16H16BrNO4. The second-order valence-electron chi connectivity index (χ2n) is 4.43. The summed E-state index contributed by atoms with van der Waals surface area (Å²) in [7, 11) is 1.52. The van der Waals surface area contributed by atoms with Crippen molar-refractivity contribution in [1.82, 2.24) is 0 Å². The van der Waals surface area contributed by atoms with Crippen molar-refractivity contribution in [2.45, 2.75) is 6.92 Å². The lowest BCUT2D eigenvalue weighted by atomic mass is 10.1. The number of nitrogens with one attached hydrogen (secondary N) is 1. The van der Waals surface area contributed by atoms with Gasteiger partial charge in [0, 0.05) is 17.3 Å². The van der Waals surface area contributed by atoms with Gasteiger partial charge in [0.1, 0.15) is 5.75 Å². The SMILES string of the molecule is CCOc1c(Br)cc(C(=O)Nc2cccc(O)c2)cc1OC. The van der Waals surface area contributed by atoms with Gasteiger partial charge in [-0.05, 0) is 47.1 Å². The normalized spacial score (nSPS) is 10.1. The highest BCUT2D eigenvalue weighted by Gasteiger charge is 2.15. The van der Waals surface area contributed by atoms with Crippen LogP contribution in [0.25, 0.3) is 0 Å². The number of anilines is 1. The van der Waals surface area contributed by atoms with Gasteiger partial charge in [0.15, 0.2) is 11.5 Å². The van der Waals surface area contributed by atoms with Crippen molar-refractivity contribution in [2.75, 3.05) is 19.0 Å². The van der Waals surface area contributed by atoms with Gasteiger partial charge in [-0.25, -0.2) is 0 Å². The van der Waals surface area contributed by atoms with Crippen LogP contribution in [0.1, 0.15) is 17.3 Å². The molecular weight excluding hydrogens is 350 g/mol. The molecule has 22 heavy (non-hydrogen) atoms. The number of phenolic OH excluding ortho intramolecular Hbond substituents is 1. The van der Waals surface area contributed by atoms with Crippen molar-refractivity contribution in [3.8, 4) is 17.2 Å². The third-order valence-corrected chi connectivity index (χ3v) is 3.47. The fraction of sp³-hybridized carbons (Fsp3) is 0.188. The van der Waals surface area contributed by atoms with Crippen molar-refractivity contribution in [3.05, 3.63) is 46.4 Å². The minimum atomic E-state index is -0.312. The third-order valence-electron chi connectivity index (χ3n) is 2.88. The Morgan fingerprint density at radius 1 is 1.32 bits per heavy atom. The standard InChI is InChI=1S/C16H16BrNO4/c1-3-22-15-13(17)7-10(8-14(15)21-2)16(20)18-11-5-4-6-12(19)9-11/h4-9,19H,3H2,1-2H3,(H,18,20). The van der Waals surface area contributed by atoms with Gasteiger partial charge in [-0.1, -0.05) is 6.07 Å². The number of hydrogen-bond acceptors (Lipinski definition) is 4. The van der Waals surface area contributed by atoms with Crippen LogP contribution in [0, 0.1) is 0 Å². The summed E-state index contributed by atoms with van der Waals surface area (Å²) in [6, 6.07) is 9.61. The molecule has 2 aromatic rings. The molecule has 0 aliphatic carbocycles. The summed E-state index contributed by atoms with van der Waals surface area (Å²) in [5.74, 6) is 0.798. The van der Waals surface area contributed by atoms with Gasteiger partial charge in [-0.2, -0.15) is 0 Å². The van der Waals surface area contributed by atoms with Gasteiger partial charge >= 0.3 is 0 Å². The molecule has 0 aliphatic rings. The van der Waals surface area contributed by atoms with E-state index in [4.69, 9.17) is 9.47 Å². The maximum atomic E-state index is 12.3. The predicted molar refractivity (Wildman–Crippen MR) is 87.9 cm³/mol. The first-order chi connectivity index (χ1) is 10.5. The molecule has 0 unspecified atom stereocenters. The van der Waals surface area contributed by atoms with Gasteiger partial charge in [-0.3, -0.25) is 4.79 Å². The minimum Gasteiger partial charge on any atom is -0.508 e. The number of methoxy groups -OCH3 is 1. The Labute approximate surface area is 137 Å². The van der Waals surface area contributed by atoms with Crippen LogP contribution in [0.3, 0.4) is 0 Å². The minimum absolute atomic E-state index is 0.0863. The Bertz CT molecular complexity index is 688. The second kappa shape index (κ2) is 7.17. The quantitative estimate of drug-likeness (QED) is 0.845. The van der Waals surface area contributed by atoms with Gasteiger partial charge in [0.2, 0.25) is 0 Å². The summed E-state index contributed by atoms with van der Waals surface area (Å²) in [5.41, 5.74) is 0.921. The van der Waals surface area contributed by atoms with E-state index in [1.807, 2.05) is 6.92 Å². The maximum absolute atomic E-state index is 12.3. The molecule has 0 heterocycles. The summed E-state index contributed by atoms with van der Waals surface area (Å²) in [4.78, 5) is 12.3. The number of carbonyl (C=O) groups is 1. The van der Waals surface area contributed by atoms with E-state index in [0.29, 0.717) is 33.8 Å². The largest absolute Gasteiger partial charge is 0.508 e. The number of phenols is 1. The lowest BCUT2D eigenvalue weighted by Crippen LogP contribution is -2.12. The van der Waals surface area contributed by atoms with Crippen LogP contribution < -0.4 is 14.8 Å². The van der Waals surface area contributed by atoms with Gasteiger partial charge in [0.05, 0.1) is 18.2 Å². The second-order valence-corrected chi connectivity index (χ2v) is 5.28. The van der Waals surface area contributed by atoms with E-state index in [2.05, 4.69) is 21.2 Å². The number of benzene rings is 2. The molecule has 0 fully saturated rings. The van der Waals surface area contributed by atoms with Crippen LogP contribution in [-0.4, -0.2) is 24.7 Å². The fourth-order valence-corrected chi connectivity index (χ4v) is 2.48. The van der Waals surface area contributed by atoms with E-state index in [1.165, 1.54) is 19.2 Å². The van der Waals surface area contributed by atoms with Crippen molar-refractivity contribution in [3.63, 3.8) is 0 Å². The van der Waals surface area contributed by atoms with Crippen LogP contribution in [0.15, 0.2) is 40.9 Å². The first-order valence-electron chi connectivity index (χ1n) is 6.66. The van der Waals surface area contributed by atoms with E-state index in [9.17, 15) is 9.90 Å². The molecule has 0 aromatic heterocycles. The summed E-state index contributed by atoms with van der Waals surface area (Å²) in [6.07, 6.45) is 0. The smallest absolute Gasteiger partial charge is 0.255 e. The van der Waals surface area contributed by atoms with Gasteiger partial charge in [0.25, 0.3) is 5.91 Å². The maximum Gasteiger partial charge on any atom is 0.255 e. The Morgan fingerprint density at radius 2 is 2.09 bits per heavy atom. The van der Waals surface area contributed by atoms with Crippen LogP contribution in [-0.2, 0) is 0 Å². The summed E-state index contributed by atoms with van der Waals surface area (Å²) in [5, 5.41) is 12.1. The third kappa shape index (κ3) is 3.71. The first kappa shape index (κ1) is 16.2. The number of amides is 1. The highest BCUT2D eigenvalue weighted by atomic mass is 79.9. The van der Waals surface area contributed by atoms with Crippen molar-refractivity contribution in [1.29, 1.82) is 0 Å². The molecule has 0 saturated carbocycles. The number of hydrogen-bond donors (Lipinski definition) is 2. The van der Waals surface area contributed by atoms with E-state index < -0.39 is 0 Å². The van der Waals surface area contributed by atoms with Crippen LogP contribution >= 0.6 is 15.9 Å². The Hall–Kier alpha value is -2.21. The molecule has 2 aromatic carbocycles. The average Bonchev–Trinajstić information content (AvgIpc) is 2.49. The average molecular weight is 366 g/mol. The van der Waals surface area contributed by atoms with Crippen LogP contribution in [0.5, 0.6) is 17.2 Å². The zero-order valence-corrected chi connectivity index (χ0v) is 13.8. The highest BCUT2D eigenvalue weighted by molar-refractivity contribution is 9.10. The molecule has 2 N–H and O–H groups in total. The number of aromatic hydroxyl groups is 1. The molecule has 2 rings (SSSR count). The Kier molecular flexibility index (Phi) is 5.27. The predicted octanol–water partition coefficient (Wildman–Crippen LogP) is 3.81. The summed E-state index contributed by atoms with van der Waals surface area (Å²) in [6.45, 7) is 2.36. The molecule has 0 bridgehead atoms. The number of rotatable bonds is 5. The van der Waals surface area contributed by atoms with Gasteiger partial charge < -0.3 is 19.9 Å². The molecule has 0 spiro atoms. The van der Waals surface area contributed by atoms with Crippen molar-refractivity contribution < 1.29 is 19.4 Å². The molecule has 6 heteroatoms. The highest BCUT2D eigenvalue weighted by Crippen LogP contribution is 2.36. The molecule has 0 atom stereocenters. The summed E-state index contributed by atoms with van der Waals surface area (Å²) < 4.78 is 11.4. The molecule has 5 nitrogen and oxygen atoms in total. The number of ether oxygens (including phenoxy) is 2. The summed E-state index contributed by atoms with van der Waals surface area (Å²) >= 11 is 3.38. The number of halogens is 1. The number of carbonyl (C=O) groups excluding carboxylic acids is 1. The lowest BCUT2D eigenvalue weighted by molar-refractivity contribution is 0.102. The lowest BCUT2D eigenvalue weighted by Gasteiger charge is -2.13.